The SMILES string of the molecule is CCCN1C(=O)[C@H]2[C@H](CC=C3[C@H]2C[C@H]2C(=O)N(Nc4ccc(C)cc4)C(=O)[C@@]2(c2ccccc2)[C@H]3c2ccccc2O)C1=O. The van der Waals surface area contributed by atoms with Gasteiger partial charge in [-0.2, -0.15) is 5.01 Å². The first-order valence-corrected chi connectivity index (χ1v) is 15.4. The number of para-hydroxylation sites is 1. The van der Waals surface area contributed by atoms with Crippen LogP contribution in [0.4, 0.5) is 5.69 Å². The van der Waals surface area contributed by atoms with Gasteiger partial charge < -0.3 is 5.11 Å². The second-order valence-electron chi connectivity index (χ2n) is 12.5. The number of nitrogens with zero attached hydrogens (tertiary/aromatic N) is 2. The van der Waals surface area contributed by atoms with E-state index < -0.39 is 40.9 Å². The smallest absolute Gasteiger partial charge is 0.260 e. The van der Waals surface area contributed by atoms with Crippen LogP contribution in [0, 0.1) is 30.6 Å². The third-order valence-electron chi connectivity index (χ3n) is 10.2. The number of phenolic OH excluding ortho intramolecular Hbond substituents is 1. The number of likely N-dealkylation sites (tertiary alicyclic amines) is 1. The van der Waals surface area contributed by atoms with E-state index in [1.54, 1.807) is 18.2 Å². The number of carbonyl (C=O) groups is 4. The lowest BCUT2D eigenvalue weighted by atomic mass is 9.49. The van der Waals surface area contributed by atoms with Crippen LogP contribution in [0.2, 0.25) is 0 Å². The lowest BCUT2D eigenvalue weighted by Gasteiger charge is -2.50. The minimum absolute atomic E-state index is 0.0156. The van der Waals surface area contributed by atoms with Gasteiger partial charge in [0, 0.05) is 18.0 Å². The van der Waals surface area contributed by atoms with Crippen molar-refractivity contribution in [3.63, 3.8) is 0 Å². The van der Waals surface area contributed by atoms with Crippen LogP contribution >= 0.6 is 0 Å². The summed E-state index contributed by atoms with van der Waals surface area (Å²) in [5.74, 6) is -4.26. The fourth-order valence-electron chi connectivity index (χ4n) is 8.33. The summed E-state index contributed by atoms with van der Waals surface area (Å²) in [6.45, 7) is 4.26. The second-order valence-corrected chi connectivity index (χ2v) is 12.5. The topological polar surface area (TPSA) is 107 Å². The summed E-state index contributed by atoms with van der Waals surface area (Å²) in [6, 6.07) is 23.7. The van der Waals surface area contributed by atoms with E-state index in [9.17, 15) is 24.3 Å². The van der Waals surface area contributed by atoms with E-state index >= 15 is 0 Å². The number of anilines is 1. The van der Waals surface area contributed by atoms with E-state index in [2.05, 4.69) is 5.43 Å². The molecule has 0 unspecified atom stereocenters. The van der Waals surface area contributed by atoms with E-state index in [4.69, 9.17) is 0 Å². The van der Waals surface area contributed by atoms with Crippen LogP contribution in [0.15, 0.2) is 90.5 Å². The highest BCUT2D eigenvalue weighted by Crippen LogP contribution is 2.64. The van der Waals surface area contributed by atoms with E-state index in [-0.39, 0.29) is 29.9 Å². The van der Waals surface area contributed by atoms with E-state index in [1.165, 1.54) is 4.90 Å². The number of aromatic hydroxyl groups is 1. The molecule has 7 rings (SSSR count). The molecule has 2 aliphatic heterocycles. The minimum Gasteiger partial charge on any atom is -0.508 e. The number of phenols is 1. The normalized spacial score (nSPS) is 29.3. The van der Waals surface area contributed by atoms with Crippen molar-refractivity contribution in [2.24, 2.45) is 23.7 Å². The summed E-state index contributed by atoms with van der Waals surface area (Å²) in [4.78, 5) is 58.2. The molecule has 3 fully saturated rings. The zero-order valence-corrected chi connectivity index (χ0v) is 24.8. The quantitative estimate of drug-likeness (QED) is 0.306. The number of rotatable bonds is 6. The molecule has 2 heterocycles. The molecule has 3 aromatic rings. The van der Waals surface area contributed by atoms with Crippen molar-refractivity contribution >= 4 is 29.3 Å². The molecule has 6 atom stereocenters. The van der Waals surface area contributed by atoms with Crippen molar-refractivity contribution in [2.45, 2.75) is 44.4 Å². The summed E-state index contributed by atoms with van der Waals surface area (Å²) in [5.41, 5.74) is 5.38. The van der Waals surface area contributed by atoms with Crippen molar-refractivity contribution in [3.05, 3.63) is 107 Å². The maximum absolute atomic E-state index is 15.0. The molecule has 44 heavy (non-hydrogen) atoms. The number of fused-ring (bicyclic) bond motifs is 4. The predicted molar refractivity (Wildman–Crippen MR) is 164 cm³/mol. The Hall–Kier alpha value is -4.72. The average Bonchev–Trinajstić information content (AvgIpc) is 3.40. The molecular weight excluding hydrogens is 554 g/mol. The van der Waals surface area contributed by atoms with Gasteiger partial charge in [0.25, 0.3) is 11.8 Å². The number of hydrogen-bond acceptors (Lipinski definition) is 6. The molecule has 2 N–H and O–H groups in total. The van der Waals surface area contributed by atoms with Gasteiger partial charge in [-0.25, -0.2) is 0 Å². The van der Waals surface area contributed by atoms with Crippen LogP contribution < -0.4 is 5.43 Å². The largest absolute Gasteiger partial charge is 0.508 e. The van der Waals surface area contributed by atoms with Gasteiger partial charge in [0.1, 0.15) is 5.75 Å². The first-order chi connectivity index (χ1) is 21.3. The molecule has 2 saturated heterocycles. The zero-order chi connectivity index (χ0) is 30.7. The Labute approximate surface area is 256 Å². The fraction of sp³-hybridized carbons (Fsp3) is 0.333. The summed E-state index contributed by atoms with van der Waals surface area (Å²) in [5, 5.41) is 12.5. The third kappa shape index (κ3) is 3.89. The van der Waals surface area contributed by atoms with E-state index in [0.29, 0.717) is 36.2 Å². The molecule has 4 aliphatic rings. The van der Waals surface area contributed by atoms with Crippen LogP contribution in [0.3, 0.4) is 0 Å². The Bertz CT molecular complexity index is 1700. The Kier molecular flexibility index (Phi) is 6.68. The van der Waals surface area contributed by atoms with Crippen LogP contribution in [-0.2, 0) is 24.6 Å². The van der Waals surface area contributed by atoms with Gasteiger partial charge >= 0.3 is 0 Å². The van der Waals surface area contributed by atoms with Gasteiger partial charge in [0.15, 0.2) is 0 Å². The number of benzene rings is 3. The number of amides is 4. The Morgan fingerprint density at radius 1 is 0.864 bits per heavy atom. The lowest BCUT2D eigenvalue weighted by Crippen LogP contribution is -2.53. The van der Waals surface area contributed by atoms with Crippen molar-refractivity contribution in [1.82, 2.24) is 9.91 Å². The molecule has 2 aliphatic carbocycles. The highest BCUT2D eigenvalue weighted by molar-refractivity contribution is 6.13. The number of hydrazine groups is 1. The first kappa shape index (κ1) is 28.1. The molecule has 0 bridgehead atoms. The third-order valence-corrected chi connectivity index (χ3v) is 10.2. The molecule has 0 spiro atoms. The summed E-state index contributed by atoms with van der Waals surface area (Å²) >= 11 is 0. The van der Waals surface area contributed by atoms with Crippen LogP contribution in [0.25, 0.3) is 0 Å². The van der Waals surface area contributed by atoms with Crippen LogP contribution in [0.1, 0.15) is 48.8 Å². The maximum atomic E-state index is 15.0. The van der Waals surface area contributed by atoms with Crippen molar-refractivity contribution < 1.29 is 24.3 Å². The molecule has 8 nitrogen and oxygen atoms in total. The van der Waals surface area contributed by atoms with Gasteiger partial charge in [-0.1, -0.05) is 84.8 Å². The molecule has 8 heteroatoms. The van der Waals surface area contributed by atoms with Gasteiger partial charge in [-0.05, 0) is 55.9 Å². The fourth-order valence-corrected chi connectivity index (χ4v) is 8.33. The summed E-state index contributed by atoms with van der Waals surface area (Å²) in [6.07, 6.45) is 3.28. The van der Waals surface area contributed by atoms with Crippen molar-refractivity contribution in [3.8, 4) is 5.75 Å². The second kappa shape index (κ2) is 10.5. The summed E-state index contributed by atoms with van der Waals surface area (Å²) < 4.78 is 0. The van der Waals surface area contributed by atoms with Gasteiger partial charge in [0.2, 0.25) is 11.8 Å². The monoisotopic (exact) mass is 589 g/mol. The number of carbonyl (C=O) groups excluding carboxylic acids is 4. The van der Waals surface area contributed by atoms with Gasteiger partial charge in [-0.15, -0.1) is 0 Å². The molecular formula is C36H35N3O5. The van der Waals surface area contributed by atoms with Crippen molar-refractivity contribution in [2.75, 3.05) is 12.0 Å². The molecule has 224 valence electrons. The standard InChI is InChI=1S/C36H35N3O5/c1-3-19-38-32(41)26-18-17-24-27(30(26)34(38)43)20-28-33(42)39(37-23-15-13-21(2)14-16-23)35(44)36(28,22-9-5-4-6-10-22)31(24)25-11-7-8-12-29(25)40/h4-17,26-28,30-31,37,40H,3,18-20H2,1-2H3/t26-,27+,28-,30-,31+,36+/m0/s1. The zero-order valence-electron chi connectivity index (χ0n) is 24.8. The Balaban J connectivity index is 1.44. The van der Waals surface area contributed by atoms with E-state index in [1.807, 2.05) is 80.6 Å². The summed E-state index contributed by atoms with van der Waals surface area (Å²) in [7, 11) is 0. The van der Waals surface area contributed by atoms with Crippen LogP contribution in [0.5, 0.6) is 5.75 Å². The Morgan fingerprint density at radius 2 is 1.57 bits per heavy atom. The number of imide groups is 2. The molecule has 3 aromatic carbocycles. The Morgan fingerprint density at radius 3 is 2.27 bits per heavy atom. The minimum atomic E-state index is -1.39. The average molecular weight is 590 g/mol. The highest BCUT2D eigenvalue weighted by Gasteiger charge is 2.70. The maximum Gasteiger partial charge on any atom is 0.260 e. The van der Waals surface area contributed by atoms with Crippen molar-refractivity contribution in [1.29, 1.82) is 0 Å². The highest BCUT2D eigenvalue weighted by atomic mass is 16.3. The number of aryl methyl sites for hydroxylation is 1. The molecule has 0 aromatic heterocycles. The number of nitrogens with one attached hydrogen (secondary N) is 1. The van der Waals surface area contributed by atoms with E-state index in [0.717, 1.165) is 16.1 Å². The van der Waals surface area contributed by atoms with Crippen LogP contribution in [-0.4, -0.2) is 45.2 Å². The predicted octanol–water partition coefficient (Wildman–Crippen LogP) is 5.10. The van der Waals surface area contributed by atoms with Gasteiger partial charge in [0.05, 0.1) is 28.9 Å². The number of allylic oxidation sites excluding steroid dienone is 2. The molecule has 0 radical (unpaired) electrons. The van der Waals surface area contributed by atoms with Gasteiger partial charge in [-0.3, -0.25) is 29.5 Å². The molecule has 1 saturated carbocycles. The molecule has 4 amide bonds. The first-order valence-electron chi connectivity index (χ1n) is 15.4. The lowest BCUT2D eigenvalue weighted by molar-refractivity contribution is -0.141. The number of hydrogen-bond donors (Lipinski definition) is 2.